The fourth-order valence-electron chi connectivity index (χ4n) is 1.59. The van der Waals surface area contributed by atoms with Crippen LogP contribution in [0.1, 0.15) is 19.8 Å². The molecule has 0 aromatic carbocycles. The first-order valence-electron chi connectivity index (χ1n) is 3.93. The van der Waals surface area contributed by atoms with Crippen molar-refractivity contribution in [3.8, 4) is 0 Å². The summed E-state index contributed by atoms with van der Waals surface area (Å²) in [6.07, 6.45) is -3.25. The molecule has 72 valence electrons. The van der Waals surface area contributed by atoms with Crippen molar-refractivity contribution in [1.82, 2.24) is 4.90 Å². The van der Waals surface area contributed by atoms with Crippen LogP contribution < -0.4 is 0 Å². The van der Waals surface area contributed by atoms with Crippen LogP contribution in [-0.4, -0.2) is 29.0 Å². The molecule has 1 saturated heterocycles. The van der Waals surface area contributed by atoms with Gasteiger partial charge in [0.1, 0.15) is 6.04 Å². The zero-order valence-electron chi connectivity index (χ0n) is 6.80. The van der Waals surface area contributed by atoms with Gasteiger partial charge in [-0.15, -0.1) is 0 Å². The normalized spacial score (nSPS) is 29.2. The minimum absolute atomic E-state index is 0.217. The van der Waals surface area contributed by atoms with Gasteiger partial charge >= 0.3 is 6.18 Å². The van der Waals surface area contributed by atoms with Gasteiger partial charge in [0.25, 0.3) is 0 Å². The first-order valence-corrected chi connectivity index (χ1v) is 4.45. The predicted octanol–water partition coefficient (Wildman–Crippen LogP) is 2.29. The smallest absolute Gasteiger partial charge is 0.281 e. The molecule has 0 aliphatic carbocycles. The van der Waals surface area contributed by atoms with E-state index in [1.165, 1.54) is 4.90 Å². The molecule has 1 heterocycles. The lowest BCUT2D eigenvalue weighted by Gasteiger charge is -2.28. The number of likely N-dealkylation sites (tertiary alicyclic amines) is 1. The Bertz CT molecular complexity index is 157. The van der Waals surface area contributed by atoms with E-state index in [0.29, 0.717) is 13.0 Å². The molecule has 1 aliphatic rings. The summed E-state index contributed by atoms with van der Waals surface area (Å²) >= 11 is 4.01. The molecule has 0 radical (unpaired) electrons. The van der Waals surface area contributed by atoms with E-state index in [-0.39, 0.29) is 11.8 Å². The SMILES string of the molecule is C[C@H](S)N1CCC[C@H]1C(F)(F)F. The van der Waals surface area contributed by atoms with Crippen molar-refractivity contribution in [2.75, 3.05) is 6.54 Å². The fourth-order valence-corrected chi connectivity index (χ4v) is 1.86. The van der Waals surface area contributed by atoms with Crippen molar-refractivity contribution in [2.45, 2.75) is 37.4 Å². The van der Waals surface area contributed by atoms with E-state index in [2.05, 4.69) is 12.6 Å². The lowest BCUT2D eigenvalue weighted by atomic mass is 10.2. The Kier molecular flexibility index (Phi) is 2.93. The van der Waals surface area contributed by atoms with Crippen LogP contribution in [0.4, 0.5) is 13.2 Å². The van der Waals surface area contributed by atoms with E-state index in [9.17, 15) is 13.2 Å². The van der Waals surface area contributed by atoms with E-state index in [1.54, 1.807) is 6.92 Å². The molecule has 0 spiro atoms. The lowest BCUT2D eigenvalue weighted by Crippen LogP contribution is -2.43. The van der Waals surface area contributed by atoms with Gasteiger partial charge in [0, 0.05) is 0 Å². The minimum Gasteiger partial charge on any atom is -0.281 e. The minimum atomic E-state index is -4.09. The molecule has 2 atom stereocenters. The number of hydrogen-bond donors (Lipinski definition) is 1. The van der Waals surface area contributed by atoms with Crippen molar-refractivity contribution >= 4 is 12.6 Å². The van der Waals surface area contributed by atoms with E-state index in [1.807, 2.05) is 0 Å². The van der Waals surface area contributed by atoms with Crippen LogP contribution in [0.2, 0.25) is 0 Å². The molecule has 1 aliphatic heterocycles. The molecule has 12 heavy (non-hydrogen) atoms. The second-order valence-electron chi connectivity index (χ2n) is 3.07. The van der Waals surface area contributed by atoms with Gasteiger partial charge < -0.3 is 0 Å². The van der Waals surface area contributed by atoms with Crippen LogP contribution in [-0.2, 0) is 0 Å². The van der Waals surface area contributed by atoms with Crippen molar-refractivity contribution in [3.63, 3.8) is 0 Å². The van der Waals surface area contributed by atoms with E-state index in [4.69, 9.17) is 0 Å². The van der Waals surface area contributed by atoms with Gasteiger partial charge in [-0.2, -0.15) is 25.8 Å². The number of halogens is 3. The third-order valence-electron chi connectivity index (χ3n) is 2.15. The van der Waals surface area contributed by atoms with Crippen LogP contribution >= 0.6 is 12.6 Å². The highest BCUT2D eigenvalue weighted by Crippen LogP contribution is 2.34. The highest BCUT2D eigenvalue weighted by Gasteiger charge is 2.46. The van der Waals surface area contributed by atoms with Crippen LogP contribution in [0.25, 0.3) is 0 Å². The summed E-state index contributed by atoms with van der Waals surface area (Å²) in [4.78, 5) is 1.39. The maximum Gasteiger partial charge on any atom is 0.404 e. The number of alkyl halides is 3. The van der Waals surface area contributed by atoms with Gasteiger partial charge in [0.15, 0.2) is 0 Å². The van der Waals surface area contributed by atoms with Gasteiger partial charge in [-0.1, -0.05) is 0 Å². The Morgan fingerprint density at radius 2 is 2.08 bits per heavy atom. The summed E-state index contributed by atoms with van der Waals surface area (Å²) < 4.78 is 36.9. The molecular formula is C7H12F3NS. The van der Waals surface area contributed by atoms with E-state index >= 15 is 0 Å². The maximum atomic E-state index is 12.3. The Morgan fingerprint density at radius 1 is 1.50 bits per heavy atom. The Balaban J connectivity index is 2.64. The van der Waals surface area contributed by atoms with Crippen molar-refractivity contribution in [3.05, 3.63) is 0 Å². The molecule has 0 saturated carbocycles. The molecule has 5 heteroatoms. The summed E-state index contributed by atoms with van der Waals surface area (Å²) in [6.45, 7) is 2.18. The van der Waals surface area contributed by atoms with E-state index in [0.717, 1.165) is 0 Å². The first kappa shape index (κ1) is 10.2. The molecule has 0 aromatic rings. The third-order valence-corrected chi connectivity index (χ3v) is 2.45. The summed E-state index contributed by atoms with van der Waals surface area (Å²) in [5.41, 5.74) is 0. The lowest BCUT2D eigenvalue weighted by molar-refractivity contribution is -0.176. The standard InChI is InChI=1S/C7H12F3NS/c1-5(12)11-4-2-3-6(11)7(8,9)10/h5-6,12H,2-4H2,1H3/t5-,6-/m0/s1. The third kappa shape index (κ3) is 2.07. The molecule has 0 bridgehead atoms. The van der Waals surface area contributed by atoms with Crippen LogP contribution in [0.15, 0.2) is 0 Å². The molecule has 1 rings (SSSR count). The number of thiol groups is 1. The van der Waals surface area contributed by atoms with Crippen LogP contribution in [0.5, 0.6) is 0 Å². The molecule has 0 aromatic heterocycles. The van der Waals surface area contributed by atoms with Gasteiger partial charge in [-0.25, -0.2) is 0 Å². The van der Waals surface area contributed by atoms with Crippen molar-refractivity contribution in [1.29, 1.82) is 0 Å². The summed E-state index contributed by atoms with van der Waals surface area (Å²) in [7, 11) is 0. The summed E-state index contributed by atoms with van der Waals surface area (Å²) in [6, 6.07) is -1.27. The number of nitrogens with zero attached hydrogens (tertiary/aromatic N) is 1. The molecule has 1 fully saturated rings. The highest BCUT2D eigenvalue weighted by atomic mass is 32.1. The van der Waals surface area contributed by atoms with Crippen LogP contribution in [0.3, 0.4) is 0 Å². The largest absolute Gasteiger partial charge is 0.404 e. The average Bonchev–Trinajstić information content (AvgIpc) is 2.30. The topological polar surface area (TPSA) is 3.24 Å². The van der Waals surface area contributed by atoms with Crippen LogP contribution in [0, 0.1) is 0 Å². The molecule has 0 unspecified atom stereocenters. The highest BCUT2D eigenvalue weighted by molar-refractivity contribution is 7.80. The first-order chi connectivity index (χ1) is 5.43. The second-order valence-corrected chi connectivity index (χ2v) is 3.82. The predicted molar refractivity (Wildman–Crippen MR) is 44.2 cm³/mol. The summed E-state index contributed by atoms with van der Waals surface area (Å²) in [5.74, 6) is 0. The monoisotopic (exact) mass is 199 g/mol. The molecule has 0 N–H and O–H groups in total. The van der Waals surface area contributed by atoms with Gasteiger partial charge in [-0.05, 0) is 26.3 Å². The zero-order chi connectivity index (χ0) is 9.35. The molecule has 0 amide bonds. The quantitative estimate of drug-likeness (QED) is 0.634. The zero-order valence-corrected chi connectivity index (χ0v) is 7.70. The Morgan fingerprint density at radius 3 is 2.42 bits per heavy atom. The maximum absolute atomic E-state index is 12.3. The second kappa shape index (κ2) is 3.46. The van der Waals surface area contributed by atoms with E-state index < -0.39 is 12.2 Å². The molecular weight excluding hydrogens is 187 g/mol. The van der Waals surface area contributed by atoms with Gasteiger partial charge in [0.05, 0.1) is 5.37 Å². The Labute approximate surface area is 75.3 Å². The summed E-state index contributed by atoms with van der Waals surface area (Å²) in [5, 5.41) is -0.306. The van der Waals surface area contributed by atoms with Crippen molar-refractivity contribution < 1.29 is 13.2 Å². The fraction of sp³-hybridized carbons (Fsp3) is 1.00. The van der Waals surface area contributed by atoms with Gasteiger partial charge in [0.2, 0.25) is 0 Å². The average molecular weight is 199 g/mol. The molecule has 1 nitrogen and oxygen atoms in total. The van der Waals surface area contributed by atoms with Crippen molar-refractivity contribution in [2.24, 2.45) is 0 Å². The van der Waals surface area contributed by atoms with Gasteiger partial charge in [-0.3, -0.25) is 4.90 Å². The Hall–Kier alpha value is 0.100. The number of rotatable bonds is 1. The number of hydrogen-bond acceptors (Lipinski definition) is 2.